The molecule has 4 nitrogen and oxygen atoms in total. The summed E-state index contributed by atoms with van der Waals surface area (Å²) in [4.78, 5) is 17.7. The van der Waals surface area contributed by atoms with Crippen molar-refractivity contribution in [3.8, 4) is 9.88 Å². The number of hydrogen-bond donors (Lipinski definition) is 2. The zero-order valence-electron chi connectivity index (χ0n) is 11.4. The lowest BCUT2D eigenvalue weighted by molar-refractivity contribution is -0.121. The van der Waals surface area contributed by atoms with Crippen LogP contribution in [-0.2, 0) is 11.2 Å². The van der Waals surface area contributed by atoms with Crippen molar-refractivity contribution >= 4 is 44.5 Å². The average molecular weight is 386 g/mol. The molecular weight excluding hydrogens is 370 g/mol. The molecule has 0 aromatic carbocycles. The molecule has 2 aromatic rings. The SMILES string of the molecule is O=C(Cc1csc(-c2cc(Br)cs2)n1)N[C@H]1CCCNC1. The molecule has 1 fully saturated rings. The molecule has 1 saturated heterocycles. The van der Waals surface area contributed by atoms with Gasteiger partial charge in [-0.1, -0.05) is 0 Å². The lowest BCUT2D eigenvalue weighted by Gasteiger charge is -2.23. The second-order valence-electron chi connectivity index (χ2n) is 5.06. The van der Waals surface area contributed by atoms with Gasteiger partial charge in [-0.25, -0.2) is 4.98 Å². The minimum atomic E-state index is 0.0629. The van der Waals surface area contributed by atoms with Crippen LogP contribution in [0, 0.1) is 0 Å². The first-order valence-corrected chi connectivity index (χ1v) is 9.45. The van der Waals surface area contributed by atoms with Crippen molar-refractivity contribution in [2.75, 3.05) is 13.1 Å². The number of aromatic nitrogens is 1. The van der Waals surface area contributed by atoms with Crippen LogP contribution in [0.3, 0.4) is 0 Å². The molecule has 1 aliphatic heterocycles. The Kier molecular flexibility index (Phi) is 5.05. The number of carbonyl (C=O) groups is 1. The van der Waals surface area contributed by atoms with Gasteiger partial charge >= 0.3 is 0 Å². The maximum Gasteiger partial charge on any atom is 0.226 e. The summed E-state index contributed by atoms with van der Waals surface area (Å²) >= 11 is 6.69. The molecule has 2 aromatic heterocycles. The second kappa shape index (κ2) is 7.00. The van der Waals surface area contributed by atoms with E-state index in [4.69, 9.17) is 0 Å². The lowest BCUT2D eigenvalue weighted by Crippen LogP contribution is -2.46. The van der Waals surface area contributed by atoms with Gasteiger partial charge in [-0.15, -0.1) is 22.7 Å². The smallest absolute Gasteiger partial charge is 0.226 e. The third kappa shape index (κ3) is 4.12. The molecule has 0 unspecified atom stereocenters. The quantitative estimate of drug-likeness (QED) is 0.849. The topological polar surface area (TPSA) is 54.0 Å². The van der Waals surface area contributed by atoms with Crippen molar-refractivity contribution in [2.24, 2.45) is 0 Å². The predicted molar refractivity (Wildman–Crippen MR) is 90.9 cm³/mol. The zero-order valence-corrected chi connectivity index (χ0v) is 14.6. The highest BCUT2D eigenvalue weighted by molar-refractivity contribution is 9.10. The van der Waals surface area contributed by atoms with E-state index in [9.17, 15) is 4.79 Å². The van der Waals surface area contributed by atoms with E-state index in [1.54, 1.807) is 22.7 Å². The van der Waals surface area contributed by atoms with Gasteiger partial charge in [-0.3, -0.25) is 4.79 Å². The minimum absolute atomic E-state index is 0.0629. The van der Waals surface area contributed by atoms with Crippen molar-refractivity contribution in [3.05, 3.63) is 27.0 Å². The summed E-state index contributed by atoms with van der Waals surface area (Å²) in [5, 5.41) is 11.4. The van der Waals surface area contributed by atoms with Gasteiger partial charge in [0.25, 0.3) is 0 Å². The second-order valence-corrected chi connectivity index (χ2v) is 7.75. The molecule has 3 rings (SSSR count). The molecule has 112 valence electrons. The maximum absolute atomic E-state index is 12.1. The Morgan fingerprint density at radius 1 is 1.48 bits per heavy atom. The van der Waals surface area contributed by atoms with Gasteiger partial charge in [0.15, 0.2) is 0 Å². The van der Waals surface area contributed by atoms with E-state index in [-0.39, 0.29) is 11.9 Å². The Morgan fingerprint density at radius 3 is 3.10 bits per heavy atom. The molecule has 0 radical (unpaired) electrons. The molecule has 1 aliphatic rings. The summed E-state index contributed by atoms with van der Waals surface area (Å²) in [6.45, 7) is 1.93. The van der Waals surface area contributed by atoms with Gasteiger partial charge in [0.05, 0.1) is 17.0 Å². The molecule has 1 amide bonds. The van der Waals surface area contributed by atoms with E-state index < -0.39 is 0 Å². The highest BCUT2D eigenvalue weighted by Crippen LogP contribution is 2.32. The van der Waals surface area contributed by atoms with E-state index in [1.165, 1.54) is 0 Å². The fourth-order valence-electron chi connectivity index (χ4n) is 2.34. The fraction of sp³-hybridized carbons (Fsp3) is 0.429. The van der Waals surface area contributed by atoms with Crippen LogP contribution < -0.4 is 10.6 Å². The van der Waals surface area contributed by atoms with Crippen molar-refractivity contribution in [1.29, 1.82) is 0 Å². The number of hydrogen-bond acceptors (Lipinski definition) is 5. The van der Waals surface area contributed by atoms with Crippen molar-refractivity contribution < 1.29 is 4.79 Å². The van der Waals surface area contributed by atoms with Crippen LogP contribution in [0.15, 0.2) is 21.3 Å². The van der Waals surface area contributed by atoms with Gasteiger partial charge < -0.3 is 10.6 Å². The highest BCUT2D eigenvalue weighted by Gasteiger charge is 2.16. The number of carbonyl (C=O) groups excluding carboxylic acids is 1. The summed E-state index contributed by atoms with van der Waals surface area (Å²) < 4.78 is 1.07. The molecule has 0 saturated carbocycles. The number of amides is 1. The Balaban J connectivity index is 1.57. The molecule has 0 aliphatic carbocycles. The first kappa shape index (κ1) is 15.1. The lowest BCUT2D eigenvalue weighted by atomic mass is 10.1. The van der Waals surface area contributed by atoms with Gasteiger partial charge in [0.2, 0.25) is 5.91 Å². The Bertz CT molecular complexity index is 619. The molecule has 7 heteroatoms. The van der Waals surface area contributed by atoms with E-state index in [2.05, 4.69) is 37.6 Å². The van der Waals surface area contributed by atoms with Crippen LogP contribution in [0.1, 0.15) is 18.5 Å². The summed E-state index contributed by atoms with van der Waals surface area (Å²) in [5.41, 5.74) is 0.848. The molecule has 21 heavy (non-hydrogen) atoms. The first-order chi connectivity index (χ1) is 10.2. The average Bonchev–Trinajstić information content (AvgIpc) is 3.09. The number of nitrogens with one attached hydrogen (secondary N) is 2. The summed E-state index contributed by atoms with van der Waals surface area (Å²) in [6, 6.07) is 2.32. The van der Waals surface area contributed by atoms with Crippen LogP contribution in [0.2, 0.25) is 0 Å². The predicted octanol–water partition coefficient (Wildman–Crippen LogP) is 3.04. The van der Waals surface area contributed by atoms with Gasteiger partial charge in [-0.2, -0.15) is 0 Å². The number of nitrogens with zero attached hydrogens (tertiary/aromatic N) is 1. The summed E-state index contributed by atoms with van der Waals surface area (Å²) in [5.74, 6) is 0.0629. The van der Waals surface area contributed by atoms with E-state index in [1.807, 2.05) is 10.8 Å². The summed E-state index contributed by atoms with van der Waals surface area (Å²) in [7, 11) is 0. The van der Waals surface area contributed by atoms with E-state index in [0.29, 0.717) is 6.42 Å². The summed E-state index contributed by atoms with van der Waals surface area (Å²) in [6.07, 6.45) is 2.54. The molecule has 1 atom stereocenters. The Hall–Kier alpha value is -0.760. The molecule has 3 heterocycles. The van der Waals surface area contributed by atoms with Crippen LogP contribution in [-0.4, -0.2) is 30.0 Å². The number of thiazole rings is 1. The van der Waals surface area contributed by atoms with Gasteiger partial charge in [-0.05, 0) is 41.4 Å². The normalized spacial score (nSPS) is 18.6. The van der Waals surface area contributed by atoms with Crippen molar-refractivity contribution in [2.45, 2.75) is 25.3 Å². The van der Waals surface area contributed by atoms with E-state index in [0.717, 1.165) is 46.0 Å². The number of thiophene rings is 1. The molecule has 0 bridgehead atoms. The standard InChI is InChI=1S/C14H16BrN3OS2/c15-9-4-12(20-7-9)14-18-11(8-21-14)5-13(19)17-10-2-1-3-16-6-10/h4,7-8,10,16H,1-3,5-6H2,(H,17,19)/t10-/m0/s1. The van der Waals surface area contributed by atoms with Crippen molar-refractivity contribution in [3.63, 3.8) is 0 Å². The third-order valence-electron chi connectivity index (χ3n) is 3.33. The molecular formula is C14H16BrN3OS2. The van der Waals surface area contributed by atoms with Crippen LogP contribution in [0.25, 0.3) is 9.88 Å². The Labute approximate surface area is 140 Å². The van der Waals surface area contributed by atoms with E-state index >= 15 is 0 Å². The maximum atomic E-state index is 12.1. The number of halogens is 1. The van der Waals surface area contributed by atoms with Crippen molar-refractivity contribution in [1.82, 2.24) is 15.6 Å². The number of piperidine rings is 1. The zero-order chi connectivity index (χ0) is 14.7. The largest absolute Gasteiger partial charge is 0.352 e. The fourth-order valence-corrected chi connectivity index (χ4v) is 4.67. The minimum Gasteiger partial charge on any atom is -0.352 e. The van der Waals surface area contributed by atoms with Crippen LogP contribution >= 0.6 is 38.6 Å². The monoisotopic (exact) mass is 385 g/mol. The van der Waals surface area contributed by atoms with Crippen LogP contribution in [0.5, 0.6) is 0 Å². The third-order valence-corrected chi connectivity index (χ3v) is 6.09. The van der Waals surface area contributed by atoms with Gasteiger partial charge in [0, 0.05) is 27.8 Å². The highest BCUT2D eigenvalue weighted by atomic mass is 79.9. The van der Waals surface area contributed by atoms with Gasteiger partial charge in [0.1, 0.15) is 5.01 Å². The molecule has 0 spiro atoms. The molecule has 2 N–H and O–H groups in total. The van der Waals surface area contributed by atoms with Crippen LogP contribution in [0.4, 0.5) is 0 Å². The number of rotatable bonds is 4. The first-order valence-electron chi connectivity index (χ1n) is 6.89. The Morgan fingerprint density at radius 2 is 2.38 bits per heavy atom.